The lowest BCUT2D eigenvalue weighted by Crippen LogP contribution is -2.61. The summed E-state index contributed by atoms with van der Waals surface area (Å²) in [6.07, 6.45) is 1.10. The second-order valence-electron chi connectivity index (χ2n) is 6.07. The zero-order valence-electron chi connectivity index (χ0n) is 14.5. The van der Waals surface area contributed by atoms with Gasteiger partial charge in [0.1, 0.15) is 0 Å². The molecular weight excluding hydrogens is 280 g/mol. The fourth-order valence-electron chi connectivity index (χ4n) is 2.33. The molecule has 0 bridgehead atoms. The fraction of sp³-hybridized carbons (Fsp3) is 0.647. The molecule has 0 aliphatic carbocycles. The molecule has 0 aromatic heterocycles. The molecule has 0 N–H and O–H groups in total. The normalized spacial score (nSPS) is 12.7. The van der Waals surface area contributed by atoms with E-state index in [1.807, 2.05) is 47.6 Å². The minimum atomic E-state index is -2.93. The van der Waals surface area contributed by atoms with Gasteiger partial charge in [0.15, 0.2) is 0 Å². The highest BCUT2D eigenvalue weighted by atomic mass is 28.4. The van der Waals surface area contributed by atoms with Crippen LogP contribution in [0, 0.1) is 0 Å². The second kappa shape index (κ2) is 8.08. The van der Waals surface area contributed by atoms with Crippen LogP contribution >= 0.6 is 0 Å². The zero-order chi connectivity index (χ0) is 16.0. The van der Waals surface area contributed by atoms with Gasteiger partial charge in [-0.1, -0.05) is 31.2 Å². The molecule has 0 saturated carbocycles. The van der Waals surface area contributed by atoms with Gasteiger partial charge in [0, 0.05) is 23.5 Å². The van der Waals surface area contributed by atoms with E-state index in [2.05, 4.69) is 25.1 Å². The van der Waals surface area contributed by atoms with Gasteiger partial charge in [0.2, 0.25) is 0 Å². The fourth-order valence-corrected chi connectivity index (χ4v) is 5.70. The van der Waals surface area contributed by atoms with Gasteiger partial charge in [0.05, 0.1) is 0 Å². The Labute approximate surface area is 131 Å². The lowest BCUT2D eigenvalue weighted by Gasteiger charge is -2.35. The average Bonchev–Trinajstić information content (AvgIpc) is 2.36. The molecule has 1 rings (SSSR count). The lowest BCUT2D eigenvalue weighted by atomic mass is 10.2. The third-order valence-corrected chi connectivity index (χ3v) is 6.39. The number of rotatable bonds is 8. The first kappa shape index (κ1) is 18.4. The first-order valence-corrected chi connectivity index (χ1v) is 9.65. The maximum Gasteiger partial charge on any atom is 0.538 e. The summed E-state index contributed by atoms with van der Waals surface area (Å²) in [6.45, 7) is 14.3. The van der Waals surface area contributed by atoms with E-state index in [4.69, 9.17) is 13.3 Å². The number of hydrogen-bond acceptors (Lipinski definition) is 3. The highest BCUT2D eigenvalue weighted by Crippen LogP contribution is 2.20. The van der Waals surface area contributed by atoms with E-state index in [0.29, 0.717) is 0 Å². The van der Waals surface area contributed by atoms with Crippen LogP contribution in [0.1, 0.15) is 54.0 Å². The third-order valence-electron chi connectivity index (χ3n) is 2.90. The van der Waals surface area contributed by atoms with E-state index in [9.17, 15) is 0 Å². The Balaban J connectivity index is 3.37. The van der Waals surface area contributed by atoms with E-state index in [-0.39, 0.29) is 18.3 Å². The van der Waals surface area contributed by atoms with Crippen LogP contribution in [0.2, 0.25) is 0 Å². The molecule has 0 atom stereocenters. The van der Waals surface area contributed by atoms with Gasteiger partial charge in [-0.3, -0.25) is 0 Å². The van der Waals surface area contributed by atoms with Crippen LogP contribution in [-0.2, 0) is 19.7 Å². The molecule has 0 heterocycles. The van der Waals surface area contributed by atoms with Crippen LogP contribution in [-0.4, -0.2) is 27.1 Å². The van der Waals surface area contributed by atoms with Crippen LogP contribution in [0.15, 0.2) is 24.3 Å². The third kappa shape index (κ3) is 5.22. The van der Waals surface area contributed by atoms with Gasteiger partial charge in [-0.25, -0.2) is 0 Å². The first-order chi connectivity index (χ1) is 9.80. The summed E-state index contributed by atoms with van der Waals surface area (Å²) >= 11 is 0. The predicted octanol–water partition coefficient (Wildman–Crippen LogP) is 3.67. The number of hydrogen-bond donors (Lipinski definition) is 0. The standard InChI is InChI=1S/C17H30O3Si/c1-8-16-11-9-10-12-17(16)21(18-13(2)3,19-14(4)5)20-15(6)7/h9-15H,8H2,1-7H3. The topological polar surface area (TPSA) is 27.7 Å². The van der Waals surface area contributed by atoms with Gasteiger partial charge in [-0.2, -0.15) is 0 Å². The number of aryl methyl sites for hydroxylation is 1. The molecule has 21 heavy (non-hydrogen) atoms. The van der Waals surface area contributed by atoms with Crippen LogP contribution in [0.25, 0.3) is 0 Å². The van der Waals surface area contributed by atoms with Crippen molar-refractivity contribution in [1.29, 1.82) is 0 Å². The summed E-state index contributed by atoms with van der Waals surface area (Å²) in [6, 6.07) is 8.32. The Hall–Kier alpha value is -0.683. The molecule has 0 unspecified atom stereocenters. The minimum Gasteiger partial charge on any atom is -0.367 e. The van der Waals surface area contributed by atoms with Crippen molar-refractivity contribution in [3.05, 3.63) is 29.8 Å². The molecule has 0 radical (unpaired) electrons. The Morgan fingerprint density at radius 1 is 0.810 bits per heavy atom. The predicted molar refractivity (Wildman–Crippen MR) is 89.9 cm³/mol. The molecular formula is C17H30O3Si. The van der Waals surface area contributed by atoms with Crippen molar-refractivity contribution in [3.8, 4) is 0 Å². The van der Waals surface area contributed by atoms with Gasteiger partial charge >= 0.3 is 8.80 Å². The quantitative estimate of drug-likeness (QED) is 0.686. The van der Waals surface area contributed by atoms with E-state index < -0.39 is 8.80 Å². The van der Waals surface area contributed by atoms with E-state index in [1.54, 1.807) is 0 Å². The Morgan fingerprint density at radius 2 is 1.24 bits per heavy atom. The summed E-state index contributed by atoms with van der Waals surface area (Å²) in [5.74, 6) is 0. The van der Waals surface area contributed by atoms with Crippen molar-refractivity contribution in [2.45, 2.75) is 73.2 Å². The Morgan fingerprint density at radius 3 is 1.62 bits per heavy atom. The van der Waals surface area contributed by atoms with Crippen LogP contribution in [0.3, 0.4) is 0 Å². The van der Waals surface area contributed by atoms with Gasteiger partial charge in [-0.05, 0) is 53.5 Å². The lowest BCUT2D eigenvalue weighted by molar-refractivity contribution is 0.0152. The van der Waals surface area contributed by atoms with Crippen molar-refractivity contribution < 1.29 is 13.3 Å². The largest absolute Gasteiger partial charge is 0.538 e. The summed E-state index contributed by atoms with van der Waals surface area (Å²) in [7, 11) is -2.93. The van der Waals surface area contributed by atoms with E-state index in [0.717, 1.165) is 11.6 Å². The highest BCUT2D eigenvalue weighted by Gasteiger charge is 2.47. The molecule has 0 spiro atoms. The minimum absolute atomic E-state index is 0.0547. The van der Waals surface area contributed by atoms with Crippen molar-refractivity contribution in [3.63, 3.8) is 0 Å². The monoisotopic (exact) mass is 310 g/mol. The summed E-state index contributed by atoms with van der Waals surface area (Å²) in [5, 5.41) is 1.10. The van der Waals surface area contributed by atoms with E-state index >= 15 is 0 Å². The van der Waals surface area contributed by atoms with Gasteiger partial charge in [0.25, 0.3) is 0 Å². The molecule has 0 aliphatic rings. The van der Waals surface area contributed by atoms with Crippen molar-refractivity contribution in [2.24, 2.45) is 0 Å². The smallest absolute Gasteiger partial charge is 0.367 e. The summed E-state index contributed by atoms with van der Waals surface area (Å²) < 4.78 is 18.8. The van der Waals surface area contributed by atoms with Crippen LogP contribution < -0.4 is 5.19 Å². The average molecular weight is 311 g/mol. The SMILES string of the molecule is CCc1ccccc1[Si](OC(C)C)(OC(C)C)OC(C)C. The molecule has 4 heteroatoms. The first-order valence-electron chi connectivity index (χ1n) is 7.92. The molecule has 0 amide bonds. The molecule has 0 aliphatic heterocycles. The van der Waals surface area contributed by atoms with Gasteiger partial charge in [-0.15, -0.1) is 0 Å². The molecule has 120 valence electrons. The Bertz CT molecular complexity index is 403. The Kier molecular flexibility index (Phi) is 7.07. The molecule has 0 saturated heterocycles. The summed E-state index contributed by atoms with van der Waals surface area (Å²) in [5.41, 5.74) is 1.24. The highest BCUT2D eigenvalue weighted by molar-refractivity contribution is 6.76. The second-order valence-corrected chi connectivity index (χ2v) is 8.42. The zero-order valence-corrected chi connectivity index (χ0v) is 15.5. The molecule has 1 aromatic rings. The molecule has 0 fully saturated rings. The molecule has 3 nitrogen and oxygen atoms in total. The van der Waals surface area contributed by atoms with E-state index in [1.165, 1.54) is 5.56 Å². The van der Waals surface area contributed by atoms with Gasteiger partial charge < -0.3 is 13.3 Å². The van der Waals surface area contributed by atoms with Crippen molar-refractivity contribution in [1.82, 2.24) is 0 Å². The van der Waals surface area contributed by atoms with Crippen LogP contribution in [0.4, 0.5) is 0 Å². The summed E-state index contributed by atoms with van der Waals surface area (Å²) in [4.78, 5) is 0. The molecule has 1 aromatic carbocycles. The van der Waals surface area contributed by atoms with Crippen molar-refractivity contribution >= 4 is 14.0 Å². The van der Waals surface area contributed by atoms with Crippen molar-refractivity contribution in [2.75, 3.05) is 0 Å². The maximum absolute atomic E-state index is 6.28. The number of benzene rings is 1. The van der Waals surface area contributed by atoms with Crippen LogP contribution in [0.5, 0.6) is 0 Å². The maximum atomic E-state index is 6.28.